The lowest BCUT2D eigenvalue weighted by atomic mass is 10.2. The second-order valence-electron chi connectivity index (χ2n) is 4.05. The summed E-state index contributed by atoms with van der Waals surface area (Å²) in [5.41, 5.74) is 0.974. The Morgan fingerprint density at radius 2 is 2.24 bits per heavy atom. The number of pyridine rings is 1. The van der Waals surface area contributed by atoms with E-state index in [1.807, 2.05) is 6.07 Å². The number of carboxylic acids is 1. The van der Waals surface area contributed by atoms with Crippen molar-refractivity contribution < 1.29 is 14.7 Å². The lowest BCUT2D eigenvalue weighted by molar-refractivity contribution is 0.0701. The van der Waals surface area contributed by atoms with Crippen LogP contribution in [0.25, 0.3) is 0 Å². The number of aryl methyl sites for hydroxylation is 1. The molecule has 2 N–H and O–H groups in total. The summed E-state index contributed by atoms with van der Waals surface area (Å²) in [7, 11) is 0. The van der Waals surface area contributed by atoms with E-state index in [1.165, 1.54) is 18.3 Å². The summed E-state index contributed by atoms with van der Waals surface area (Å²) in [5, 5.41) is 20.7. The van der Waals surface area contributed by atoms with Crippen LogP contribution in [0.15, 0.2) is 18.3 Å². The van der Waals surface area contributed by atoms with Gasteiger partial charge in [0.15, 0.2) is 0 Å². The lowest BCUT2D eigenvalue weighted by Gasteiger charge is -2.02. The summed E-state index contributed by atoms with van der Waals surface area (Å²) in [4.78, 5) is 30.9. The Morgan fingerprint density at radius 1 is 1.48 bits per heavy atom. The summed E-state index contributed by atoms with van der Waals surface area (Å²) >= 11 is 1.02. The number of nitriles is 1. The average Bonchev–Trinajstić information content (AvgIpc) is 2.86. The van der Waals surface area contributed by atoms with Gasteiger partial charge in [0.1, 0.15) is 21.6 Å². The van der Waals surface area contributed by atoms with Crippen molar-refractivity contribution in [3.63, 3.8) is 0 Å². The molecule has 1 amide bonds. The van der Waals surface area contributed by atoms with Crippen molar-refractivity contribution in [2.24, 2.45) is 0 Å². The third-order valence-electron chi connectivity index (χ3n) is 2.56. The van der Waals surface area contributed by atoms with Crippen LogP contribution in [0, 0.1) is 18.3 Å². The number of thiazole rings is 1. The smallest absolute Gasteiger partial charge is 0.347 e. The Morgan fingerprint density at radius 3 is 2.76 bits per heavy atom. The van der Waals surface area contributed by atoms with Crippen LogP contribution in [0.5, 0.6) is 0 Å². The Labute approximate surface area is 123 Å². The van der Waals surface area contributed by atoms with Crippen LogP contribution in [-0.4, -0.2) is 27.0 Å². The molecule has 2 heterocycles. The largest absolute Gasteiger partial charge is 0.477 e. The standard InChI is InChI=1S/C13H10N4O3S/c1-7-11(13(19)20)21-10(17-7)6-16-12(18)9-3-2-8(4-14)5-15-9/h2-3,5H,6H2,1H3,(H,16,18)(H,19,20). The fourth-order valence-electron chi connectivity index (χ4n) is 1.57. The van der Waals surface area contributed by atoms with E-state index in [-0.39, 0.29) is 17.1 Å². The van der Waals surface area contributed by atoms with Gasteiger partial charge in [-0.25, -0.2) is 14.8 Å². The zero-order valence-electron chi connectivity index (χ0n) is 11.0. The Bertz CT molecular complexity index is 731. The third kappa shape index (κ3) is 3.40. The molecule has 0 fully saturated rings. The SMILES string of the molecule is Cc1nc(CNC(=O)c2ccc(C#N)cn2)sc1C(=O)O. The van der Waals surface area contributed by atoms with Gasteiger partial charge in [0.25, 0.3) is 5.91 Å². The van der Waals surface area contributed by atoms with Crippen LogP contribution < -0.4 is 5.32 Å². The van der Waals surface area contributed by atoms with Gasteiger partial charge in [-0.05, 0) is 19.1 Å². The molecule has 7 nitrogen and oxygen atoms in total. The van der Waals surface area contributed by atoms with Gasteiger partial charge < -0.3 is 10.4 Å². The number of carbonyl (C=O) groups is 2. The maximum Gasteiger partial charge on any atom is 0.347 e. The number of nitrogens with zero attached hydrogens (tertiary/aromatic N) is 3. The molecule has 0 saturated heterocycles. The highest BCUT2D eigenvalue weighted by molar-refractivity contribution is 7.13. The fraction of sp³-hybridized carbons (Fsp3) is 0.154. The normalized spacial score (nSPS) is 9.90. The minimum atomic E-state index is -1.03. The molecular weight excluding hydrogens is 292 g/mol. The molecule has 21 heavy (non-hydrogen) atoms. The molecular formula is C13H10N4O3S. The second-order valence-corrected chi connectivity index (χ2v) is 5.14. The van der Waals surface area contributed by atoms with E-state index < -0.39 is 11.9 Å². The minimum Gasteiger partial charge on any atom is -0.477 e. The summed E-state index contributed by atoms with van der Waals surface area (Å²) in [6.07, 6.45) is 1.31. The van der Waals surface area contributed by atoms with Crippen molar-refractivity contribution >= 4 is 23.2 Å². The van der Waals surface area contributed by atoms with Gasteiger partial charge in [-0.1, -0.05) is 0 Å². The molecule has 2 aromatic rings. The molecule has 0 aliphatic rings. The van der Waals surface area contributed by atoms with Crippen molar-refractivity contribution in [1.82, 2.24) is 15.3 Å². The number of rotatable bonds is 4. The van der Waals surface area contributed by atoms with Crippen molar-refractivity contribution in [1.29, 1.82) is 5.26 Å². The molecule has 106 valence electrons. The van der Waals surface area contributed by atoms with Gasteiger partial charge in [-0.2, -0.15) is 5.26 Å². The van der Waals surface area contributed by atoms with E-state index in [1.54, 1.807) is 6.92 Å². The molecule has 0 aliphatic carbocycles. The molecule has 0 spiro atoms. The molecule has 0 aromatic carbocycles. The number of carboxylic acid groups (broad SMARTS) is 1. The van der Waals surface area contributed by atoms with E-state index in [2.05, 4.69) is 15.3 Å². The maximum absolute atomic E-state index is 11.8. The van der Waals surface area contributed by atoms with E-state index in [0.29, 0.717) is 16.3 Å². The summed E-state index contributed by atoms with van der Waals surface area (Å²) < 4.78 is 0. The Balaban J connectivity index is 2.02. The third-order valence-corrected chi connectivity index (χ3v) is 3.71. The molecule has 0 unspecified atom stereocenters. The first-order valence-corrected chi connectivity index (χ1v) is 6.67. The van der Waals surface area contributed by atoms with E-state index in [4.69, 9.17) is 10.4 Å². The predicted molar refractivity (Wildman–Crippen MR) is 73.9 cm³/mol. The monoisotopic (exact) mass is 302 g/mol. The molecule has 0 aliphatic heterocycles. The molecule has 0 bridgehead atoms. The fourth-order valence-corrected chi connectivity index (χ4v) is 2.41. The number of hydrogen-bond acceptors (Lipinski definition) is 6. The van der Waals surface area contributed by atoms with Crippen molar-refractivity contribution in [2.45, 2.75) is 13.5 Å². The molecule has 0 radical (unpaired) electrons. The summed E-state index contributed by atoms with van der Waals surface area (Å²) in [6.45, 7) is 1.73. The van der Waals surface area contributed by atoms with Gasteiger partial charge in [0, 0.05) is 6.20 Å². The molecule has 0 saturated carbocycles. The molecule has 2 aromatic heterocycles. The van der Waals surface area contributed by atoms with Crippen LogP contribution in [0.4, 0.5) is 0 Å². The molecule has 2 rings (SSSR count). The van der Waals surface area contributed by atoms with Gasteiger partial charge in [-0.15, -0.1) is 11.3 Å². The predicted octanol–water partition coefficient (Wildman–Crippen LogP) is 1.35. The Hall–Kier alpha value is -2.79. The van der Waals surface area contributed by atoms with E-state index in [0.717, 1.165) is 11.3 Å². The maximum atomic E-state index is 11.8. The van der Waals surface area contributed by atoms with Gasteiger partial charge in [0.05, 0.1) is 17.8 Å². The van der Waals surface area contributed by atoms with Crippen molar-refractivity contribution in [3.05, 3.63) is 45.2 Å². The highest BCUT2D eigenvalue weighted by Gasteiger charge is 2.15. The summed E-state index contributed by atoms with van der Waals surface area (Å²) in [5.74, 6) is -1.44. The second kappa shape index (κ2) is 6.11. The number of nitrogens with one attached hydrogen (secondary N) is 1. The number of hydrogen-bond donors (Lipinski definition) is 2. The van der Waals surface area contributed by atoms with Gasteiger partial charge in [-0.3, -0.25) is 4.79 Å². The van der Waals surface area contributed by atoms with Crippen LogP contribution in [0.3, 0.4) is 0 Å². The highest BCUT2D eigenvalue weighted by Crippen LogP contribution is 2.17. The zero-order chi connectivity index (χ0) is 15.4. The number of aromatic carboxylic acids is 1. The Kier molecular flexibility index (Phi) is 4.25. The zero-order valence-corrected chi connectivity index (χ0v) is 11.8. The van der Waals surface area contributed by atoms with E-state index in [9.17, 15) is 9.59 Å². The average molecular weight is 302 g/mol. The molecule has 0 atom stereocenters. The topological polar surface area (TPSA) is 116 Å². The quantitative estimate of drug-likeness (QED) is 0.880. The van der Waals surface area contributed by atoms with E-state index >= 15 is 0 Å². The number of amides is 1. The lowest BCUT2D eigenvalue weighted by Crippen LogP contribution is -2.23. The van der Waals surface area contributed by atoms with Gasteiger partial charge >= 0.3 is 5.97 Å². The molecule has 8 heteroatoms. The highest BCUT2D eigenvalue weighted by atomic mass is 32.1. The van der Waals surface area contributed by atoms with Crippen molar-refractivity contribution in [3.8, 4) is 6.07 Å². The summed E-state index contributed by atoms with van der Waals surface area (Å²) in [6, 6.07) is 4.86. The van der Waals surface area contributed by atoms with Crippen LogP contribution in [0.2, 0.25) is 0 Å². The first-order chi connectivity index (χ1) is 10.0. The minimum absolute atomic E-state index is 0.124. The number of carbonyl (C=O) groups excluding carboxylic acids is 1. The van der Waals surface area contributed by atoms with Crippen LogP contribution in [-0.2, 0) is 6.54 Å². The van der Waals surface area contributed by atoms with Crippen LogP contribution in [0.1, 0.15) is 36.4 Å². The van der Waals surface area contributed by atoms with Crippen molar-refractivity contribution in [2.75, 3.05) is 0 Å². The first kappa shape index (κ1) is 14.6. The first-order valence-electron chi connectivity index (χ1n) is 5.85. The number of aromatic nitrogens is 2. The van der Waals surface area contributed by atoms with Gasteiger partial charge in [0.2, 0.25) is 0 Å². The van der Waals surface area contributed by atoms with Crippen LogP contribution >= 0.6 is 11.3 Å².